The number of carbonyl (C=O) groups is 1. The Morgan fingerprint density at radius 2 is 2.03 bits per heavy atom. The van der Waals surface area contributed by atoms with Gasteiger partial charge in [-0.3, -0.25) is 9.88 Å². The standard InChI is InChI=1S/C26H27N3O3/c30-26(32-25-16-29-11-7-17(25)8-12-29)28-23-9-13-31-24-14-18(4-5-22(23)24)20-3-1-2-19-15-27-10-6-21(19)20/h1-6,10,14-15,17,23,25H,7-9,11-13,16H2,(H,28,30)/t23?,25-/m1/s1. The summed E-state index contributed by atoms with van der Waals surface area (Å²) < 4.78 is 11.8. The van der Waals surface area contributed by atoms with Crippen LogP contribution in [0.4, 0.5) is 4.79 Å². The molecule has 2 bridgehead atoms. The van der Waals surface area contributed by atoms with Gasteiger partial charge >= 0.3 is 6.09 Å². The Bertz CT molecular complexity index is 1150. The molecule has 0 radical (unpaired) electrons. The largest absolute Gasteiger partial charge is 0.493 e. The molecule has 6 nitrogen and oxygen atoms in total. The summed E-state index contributed by atoms with van der Waals surface area (Å²) in [5, 5.41) is 5.37. The fourth-order valence-electron chi connectivity index (χ4n) is 5.44. The summed E-state index contributed by atoms with van der Waals surface area (Å²) in [4.78, 5) is 19.3. The van der Waals surface area contributed by atoms with Gasteiger partial charge in [0, 0.05) is 36.3 Å². The molecule has 0 saturated carbocycles. The Labute approximate surface area is 187 Å². The highest BCUT2D eigenvalue weighted by Crippen LogP contribution is 2.37. The number of fused-ring (bicyclic) bond motifs is 5. The van der Waals surface area contributed by atoms with E-state index in [1.54, 1.807) is 0 Å². The molecular formula is C26H27N3O3. The zero-order valence-corrected chi connectivity index (χ0v) is 18.0. The molecule has 0 aliphatic carbocycles. The normalized spacial score (nSPS) is 26.2. The molecule has 1 unspecified atom stereocenters. The smallest absolute Gasteiger partial charge is 0.407 e. The Kier molecular flexibility index (Phi) is 4.95. The minimum Gasteiger partial charge on any atom is -0.493 e. The summed E-state index contributed by atoms with van der Waals surface area (Å²) in [6.45, 7) is 3.71. The van der Waals surface area contributed by atoms with Crippen LogP contribution in [0.15, 0.2) is 54.9 Å². The number of nitrogens with zero attached hydrogens (tertiary/aromatic N) is 2. The van der Waals surface area contributed by atoms with E-state index in [1.165, 1.54) is 0 Å². The van der Waals surface area contributed by atoms with Gasteiger partial charge in [-0.25, -0.2) is 4.79 Å². The molecule has 1 aromatic heterocycles. The Hall–Kier alpha value is -3.12. The lowest BCUT2D eigenvalue weighted by molar-refractivity contribution is -0.0342. The first-order chi connectivity index (χ1) is 15.7. The number of benzene rings is 2. The van der Waals surface area contributed by atoms with Crippen LogP contribution >= 0.6 is 0 Å². The maximum absolute atomic E-state index is 12.7. The van der Waals surface area contributed by atoms with Crippen molar-refractivity contribution in [1.82, 2.24) is 15.2 Å². The van der Waals surface area contributed by atoms with Crippen molar-refractivity contribution in [3.05, 3.63) is 60.4 Å². The third-order valence-corrected chi connectivity index (χ3v) is 7.19. The number of pyridine rings is 1. The predicted octanol–water partition coefficient (Wildman–Crippen LogP) is 4.55. The SMILES string of the molecule is O=C(NC1CCOc2cc(-c3cccc4cnccc34)ccc21)O[C@@H]1CN2CCC1CC2. The molecule has 4 aliphatic rings. The molecule has 3 fully saturated rings. The zero-order valence-electron chi connectivity index (χ0n) is 18.0. The van der Waals surface area contributed by atoms with Crippen LogP contribution in [0.5, 0.6) is 5.75 Å². The van der Waals surface area contributed by atoms with E-state index in [1.807, 2.05) is 18.5 Å². The van der Waals surface area contributed by atoms with E-state index in [-0.39, 0.29) is 18.2 Å². The summed E-state index contributed by atoms with van der Waals surface area (Å²) in [5.41, 5.74) is 3.25. The lowest BCUT2D eigenvalue weighted by atomic mass is 9.86. The van der Waals surface area contributed by atoms with Crippen molar-refractivity contribution in [2.45, 2.75) is 31.4 Å². The van der Waals surface area contributed by atoms with Crippen LogP contribution < -0.4 is 10.1 Å². The summed E-state index contributed by atoms with van der Waals surface area (Å²) in [6.07, 6.45) is 6.40. The van der Waals surface area contributed by atoms with E-state index in [0.29, 0.717) is 12.5 Å². The van der Waals surface area contributed by atoms with Gasteiger partial charge in [0.2, 0.25) is 0 Å². The van der Waals surface area contributed by atoms with E-state index in [2.05, 4.69) is 51.6 Å². The van der Waals surface area contributed by atoms with E-state index < -0.39 is 0 Å². The Balaban J connectivity index is 1.21. The van der Waals surface area contributed by atoms with Crippen molar-refractivity contribution < 1.29 is 14.3 Å². The Morgan fingerprint density at radius 3 is 2.88 bits per heavy atom. The lowest BCUT2D eigenvalue weighted by Crippen LogP contribution is -2.52. The molecule has 2 aromatic carbocycles. The number of piperidine rings is 3. The van der Waals surface area contributed by atoms with Crippen molar-refractivity contribution in [3.8, 4) is 16.9 Å². The fourth-order valence-corrected chi connectivity index (χ4v) is 5.44. The van der Waals surface area contributed by atoms with Crippen molar-refractivity contribution >= 4 is 16.9 Å². The molecular weight excluding hydrogens is 402 g/mol. The third-order valence-electron chi connectivity index (χ3n) is 7.19. The molecule has 0 spiro atoms. The van der Waals surface area contributed by atoms with Crippen LogP contribution in [0, 0.1) is 5.92 Å². The van der Waals surface area contributed by atoms with E-state index in [0.717, 1.165) is 72.1 Å². The number of alkyl carbamates (subject to hydrolysis) is 1. The number of carbonyl (C=O) groups excluding carboxylic acids is 1. The zero-order chi connectivity index (χ0) is 21.5. The summed E-state index contributed by atoms with van der Waals surface area (Å²) >= 11 is 0. The van der Waals surface area contributed by atoms with Crippen LogP contribution in [-0.2, 0) is 4.74 Å². The van der Waals surface area contributed by atoms with Crippen molar-refractivity contribution in [2.75, 3.05) is 26.2 Å². The maximum Gasteiger partial charge on any atom is 0.407 e. The second-order valence-electron chi connectivity index (χ2n) is 9.07. The van der Waals surface area contributed by atoms with Crippen LogP contribution in [0.3, 0.4) is 0 Å². The molecule has 4 aliphatic heterocycles. The van der Waals surface area contributed by atoms with E-state index in [9.17, 15) is 4.79 Å². The number of aromatic nitrogens is 1. The average molecular weight is 430 g/mol. The second kappa shape index (κ2) is 8.10. The highest BCUT2D eigenvalue weighted by atomic mass is 16.6. The minimum atomic E-state index is -0.313. The van der Waals surface area contributed by atoms with Gasteiger partial charge in [-0.05, 0) is 60.5 Å². The van der Waals surface area contributed by atoms with Gasteiger partial charge in [-0.1, -0.05) is 30.3 Å². The highest BCUT2D eigenvalue weighted by Gasteiger charge is 2.37. The van der Waals surface area contributed by atoms with Gasteiger partial charge in [0.25, 0.3) is 0 Å². The third kappa shape index (κ3) is 3.58. The molecule has 2 atom stereocenters. The number of hydrogen-bond acceptors (Lipinski definition) is 5. The number of rotatable bonds is 3. The first-order valence-corrected chi connectivity index (χ1v) is 11.5. The predicted molar refractivity (Wildman–Crippen MR) is 123 cm³/mol. The average Bonchev–Trinajstić information content (AvgIpc) is 2.84. The molecule has 3 saturated heterocycles. The summed E-state index contributed by atoms with van der Waals surface area (Å²) in [7, 11) is 0. The molecule has 6 heteroatoms. The maximum atomic E-state index is 12.7. The topological polar surface area (TPSA) is 63.7 Å². The lowest BCUT2D eigenvalue weighted by Gasteiger charge is -2.44. The molecule has 5 heterocycles. The number of hydrogen-bond donors (Lipinski definition) is 1. The van der Waals surface area contributed by atoms with E-state index >= 15 is 0 Å². The second-order valence-corrected chi connectivity index (χ2v) is 9.07. The van der Waals surface area contributed by atoms with Crippen LogP contribution in [0.2, 0.25) is 0 Å². The first-order valence-electron chi connectivity index (χ1n) is 11.5. The molecule has 1 amide bonds. The van der Waals surface area contributed by atoms with Crippen molar-refractivity contribution in [2.24, 2.45) is 5.92 Å². The van der Waals surface area contributed by atoms with Gasteiger partial charge in [-0.15, -0.1) is 0 Å². The summed E-state index contributed by atoms with van der Waals surface area (Å²) in [5.74, 6) is 1.33. The number of ether oxygens (including phenoxy) is 2. The molecule has 32 heavy (non-hydrogen) atoms. The van der Waals surface area contributed by atoms with Crippen LogP contribution in [-0.4, -0.2) is 48.3 Å². The minimum absolute atomic E-state index is 0.0139. The van der Waals surface area contributed by atoms with Gasteiger partial charge in [0.1, 0.15) is 11.9 Å². The molecule has 164 valence electrons. The molecule has 1 N–H and O–H groups in total. The van der Waals surface area contributed by atoms with Crippen molar-refractivity contribution in [1.29, 1.82) is 0 Å². The first kappa shape index (κ1) is 19.6. The number of amides is 1. The molecule has 3 aromatic rings. The number of nitrogens with one attached hydrogen (secondary N) is 1. The fraction of sp³-hybridized carbons (Fsp3) is 0.385. The van der Waals surface area contributed by atoms with Gasteiger partial charge < -0.3 is 14.8 Å². The quantitative estimate of drug-likeness (QED) is 0.662. The monoisotopic (exact) mass is 429 g/mol. The molecule has 7 rings (SSSR count). The Morgan fingerprint density at radius 1 is 1.12 bits per heavy atom. The highest BCUT2D eigenvalue weighted by molar-refractivity contribution is 5.96. The van der Waals surface area contributed by atoms with Crippen LogP contribution in [0.25, 0.3) is 21.9 Å². The van der Waals surface area contributed by atoms with Gasteiger partial charge in [-0.2, -0.15) is 0 Å². The summed E-state index contributed by atoms with van der Waals surface area (Å²) in [6, 6.07) is 14.4. The van der Waals surface area contributed by atoms with Crippen molar-refractivity contribution in [3.63, 3.8) is 0 Å². The van der Waals surface area contributed by atoms with Crippen LogP contribution in [0.1, 0.15) is 30.9 Å². The van der Waals surface area contributed by atoms with Gasteiger partial charge in [0.15, 0.2) is 0 Å². The van der Waals surface area contributed by atoms with E-state index in [4.69, 9.17) is 9.47 Å². The van der Waals surface area contributed by atoms with Gasteiger partial charge in [0.05, 0.1) is 12.6 Å².